The van der Waals surface area contributed by atoms with Gasteiger partial charge in [-0.1, -0.05) is 25.5 Å². The standard InChI is InChI=1S/C20H29BO5/c1-7-8-11-24-17-13-15(12-14(2)18(22)23)9-10-16(17)21-25-19(3,4)20(5,6)26-21/h9-10,12-13H,7-8,11H2,1-6H3,(H,22,23). The summed E-state index contributed by atoms with van der Waals surface area (Å²) in [7, 11) is -0.518. The van der Waals surface area contributed by atoms with Crippen LogP contribution >= 0.6 is 0 Å². The highest BCUT2D eigenvalue weighted by atomic mass is 16.7. The average molecular weight is 360 g/mol. The number of hydrogen-bond donors (Lipinski definition) is 1. The van der Waals surface area contributed by atoms with Crippen LogP contribution in [0.3, 0.4) is 0 Å². The summed E-state index contributed by atoms with van der Waals surface area (Å²) in [5.41, 5.74) is 1.00. The van der Waals surface area contributed by atoms with Gasteiger partial charge in [0.05, 0.1) is 17.8 Å². The molecule has 1 fully saturated rings. The van der Waals surface area contributed by atoms with Crippen LogP contribution in [-0.2, 0) is 14.1 Å². The predicted octanol–water partition coefficient (Wildman–Crippen LogP) is 3.65. The van der Waals surface area contributed by atoms with Gasteiger partial charge < -0.3 is 19.2 Å². The quantitative estimate of drug-likeness (QED) is 0.457. The van der Waals surface area contributed by atoms with Crippen LogP contribution in [0.15, 0.2) is 23.8 Å². The van der Waals surface area contributed by atoms with Gasteiger partial charge in [0.2, 0.25) is 0 Å². The van der Waals surface area contributed by atoms with Gasteiger partial charge in [-0.3, -0.25) is 0 Å². The number of carbonyl (C=O) groups is 1. The lowest BCUT2D eigenvalue weighted by atomic mass is 9.78. The summed E-state index contributed by atoms with van der Waals surface area (Å²) in [5, 5.41) is 9.09. The van der Waals surface area contributed by atoms with E-state index in [4.69, 9.17) is 19.2 Å². The van der Waals surface area contributed by atoms with Crippen molar-refractivity contribution < 1.29 is 23.9 Å². The molecule has 1 aliphatic rings. The van der Waals surface area contributed by atoms with Crippen molar-refractivity contribution in [3.05, 3.63) is 29.3 Å². The molecule has 0 aliphatic carbocycles. The van der Waals surface area contributed by atoms with Crippen LogP contribution < -0.4 is 10.2 Å². The summed E-state index contributed by atoms with van der Waals surface area (Å²) in [5.74, 6) is -0.266. The lowest BCUT2D eigenvalue weighted by molar-refractivity contribution is -0.132. The highest BCUT2D eigenvalue weighted by Crippen LogP contribution is 2.37. The molecule has 26 heavy (non-hydrogen) atoms. The van der Waals surface area contributed by atoms with Crippen LogP contribution in [0.1, 0.15) is 59.9 Å². The third-order valence-corrected chi connectivity index (χ3v) is 5.02. The summed E-state index contributed by atoms with van der Waals surface area (Å²) in [6.07, 6.45) is 3.60. The van der Waals surface area contributed by atoms with E-state index in [0.717, 1.165) is 23.9 Å². The Balaban J connectivity index is 2.36. The Morgan fingerprint density at radius 1 is 1.23 bits per heavy atom. The normalized spacial score (nSPS) is 18.8. The summed E-state index contributed by atoms with van der Waals surface area (Å²) in [4.78, 5) is 11.1. The maximum Gasteiger partial charge on any atom is 0.498 e. The molecular formula is C20H29BO5. The van der Waals surface area contributed by atoms with Crippen molar-refractivity contribution in [3.8, 4) is 5.75 Å². The molecule has 1 N–H and O–H groups in total. The molecule has 0 unspecified atom stereocenters. The molecule has 1 heterocycles. The van der Waals surface area contributed by atoms with E-state index in [1.54, 1.807) is 13.0 Å². The van der Waals surface area contributed by atoms with Crippen LogP contribution in [0.4, 0.5) is 0 Å². The molecule has 1 aromatic rings. The van der Waals surface area contributed by atoms with Crippen molar-refractivity contribution >= 4 is 24.6 Å². The van der Waals surface area contributed by atoms with Crippen LogP contribution in [0, 0.1) is 0 Å². The molecule has 0 amide bonds. The molecule has 0 atom stereocenters. The summed E-state index contributed by atoms with van der Waals surface area (Å²) < 4.78 is 18.3. The molecule has 2 rings (SSSR count). The fraction of sp³-hybridized carbons (Fsp3) is 0.550. The van der Waals surface area contributed by atoms with Gasteiger partial charge in [0.15, 0.2) is 0 Å². The monoisotopic (exact) mass is 360 g/mol. The van der Waals surface area contributed by atoms with Gasteiger partial charge in [-0.15, -0.1) is 0 Å². The Labute approximate surface area is 156 Å². The maximum absolute atomic E-state index is 11.1. The molecule has 0 saturated carbocycles. The highest BCUT2D eigenvalue weighted by Gasteiger charge is 2.52. The van der Waals surface area contributed by atoms with Crippen LogP contribution in [0.5, 0.6) is 5.75 Å². The Bertz CT molecular complexity index is 677. The first-order valence-electron chi connectivity index (χ1n) is 9.11. The van der Waals surface area contributed by atoms with E-state index in [9.17, 15) is 4.79 Å². The summed E-state index contributed by atoms with van der Waals surface area (Å²) >= 11 is 0. The van der Waals surface area contributed by atoms with Gasteiger partial charge >= 0.3 is 13.1 Å². The number of carboxylic acid groups (broad SMARTS) is 1. The molecule has 5 nitrogen and oxygen atoms in total. The average Bonchev–Trinajstić information content (AvgIpc) is 2.75. The number of ether oxygens (including phenoxy) is 1. The number of aliphatic carboxylic acids is 1. The van der Waals surface area contributed by atoms with Crippen molar-refractivity contribution in [3.63, 3.8) is 0 Å². The lowest BCUT2D eigenvalue weighted by Gasteiger charge is -2.32. The molecule has 6 heteroatoms. The van der Waals surface area contributed by atoms with E-state index in [0.29, 0.717) is 12.4 Å². The molecule has 0 bridgehead atoms. The second-order valence-corrected chi connectivity index (χ2v) is 7.72. The number of rotatable bonds is 7. The summed E-state index contributed by atoms with van der Waals surface area (Å²) in [6.45, 7) is 12.3. The first kappa shape index (κ1) is 20.5. The Morgan fingerprint density at radius 3 is 2.38 bits per heavy atom. The van der Waals surface area contributed by atoms with Crippen molar-refractivity contribution in [2.45, 2.75) is 65.6 Å². The second kappa shape index (κ2) is 7.84. The molecular weight excluding hydrogens is 331 g/mol. The van der Waals surface area contributed by atoms with Gasteiger partial charge in [-0.05, 0) is 58.7 Å². The van der Waals surface area contributed by atoms with Crippen molar-refractivity contribution in [1.82, 2.24) is 0 Å². The number of unbranched alkanes of at least 4 members (excludes halogenated alkanes) is 1. The fourth-order valence-electron chi connectivity index (χ4n) is 2.57. The first-order chi connectivity index (χ1) is 12.1. The maximum atomic E-state index is 11.1. The third kappa shape index (κ3) is 4.49. The first-order valence-corrected chi connectivity index (χ1v) is 9.11. The SMILES string of the molecule is CCCCOc1cc(C=C(C)C(=O)O)ccc1B1OC(C)(C)C(C)(C)O1. The minimum atomic E-state index is -0.937. The van der Waals surface area contributed by atoms with E-state index in [1.165, 1.54) is 0 Å². The van der Waals surface area contributed by atoms with E-state index >= 15 is 0 Å². The molecule has 0 radical (unpaired) electrons. The minimum absolute atomic E-state index is 0.271. The summed E-state index contributed by atoms with van der Waals surface area (Å²) in [6, 6.07) is 5.60. The van der Waals surface area contributed by atoms with Gasteiger partial charge in [-0.2, -0.15) is 0 Å². The Kier molecular flexibility index (Phi) is 6.19. The molecule has 0 spiro atoms. The van der Waals surface area contributed by atoms with Crippen molar-refractivity contribution in [2.75, 3.05) is 6.61 Å². The number of benzene rings is 1. The van der Waals surface area contributed by atoms with Gasteiger partial charge in [0.1, 0.15) is 5.75 Å². The number of hydrogen-bond acceptors (Lipinski definition) is 4. The Hall–Kier alpha value is -1.79. The van der Waals surface area contributed by atoms with E-state index in [1.807, 2.05) is 45.9 Å². The van der Waals surface area contributed by atoms with Crippen molar-refractivity contribution in [2.24, 2.45) is 0 Å². The van der Waals surface area contributed by atoms with Crippen molar-refractivity contribution in [1.29, 1.82) is 0 Å². The van der Waals surface area contributed by atoms with Crippen LogP contribution in [0.2, 0.25) is 0 Å². The number of carboxylic acids is 1. The largest absolute Gasteiger partial charge is 0.498 e. The molecule has 1 saturated heterocycles. The lowest BCUT2D eigenvalue weighted by Crippen LogP contribution is -2.41. The zero-order chi connectivity index (χ0) is 19.5. The van der Waals surface area contributed by atoms with Gasteiger partial charge in [0, 0.05) is 11.0 Å². The zero-order valence-corrected chi connectivity index (χ0v) is 16.6. The Morgan fingerprint density at radius 2 is 1.85 bits per heavy atom. The van der Waals surface area contributed by atoms with E-state index in [-0.39, 0.29) is 5.57 Å². The fourth-order valence-corrected chi connectivity index (χ4v) is 2.57. The second-order valence-electron chi connectivity index (χ2n) is 7.72. The predicted molar refractivity (Wildman–Crippen MR) is 104 cm³/mol. The van der Waals surface area contributed by atoms with E-state index < -0.39 is 24.3 Å². The van der Waals surface area contributed by atoms with E-state index in [2.05, 4.69) is 6.92 Å². The smallest absolute Gasteiger partial charge is 0.494 e. The van der Waals surface area contributed by atoms with Gasteiger partial charge in [0.25, 0.3) is 0 Å². The highest BCUT2D eigenvalue weighted by molar-refractivity contribution is 6.63. The molecule has 0 aromatic heterocycles. The van der Waals surface area contributed by atoms with Gasteiger partial charge in [-0.25, -0.2) is 4.79 Å². The zero-order valence-electron chi connectivity index (χ0n) is 16.6. The van der Waals surface area contributed by atoms with Crippen LogP contribution in [-0.4, -0.2) is 36.0 Å². The molecule has 1 aromatic carbocycles. The van der Waals surface area contributed by atoms with Crippen LogP contribution in [0.25, 0.3) is 6.08 Å². The topological polar surface area (TPSA) is 65.0 Å². The third-order valence-electron chi connectivity index (χ3n) is 5.02. The molecule has 142 valence electrons. The molecule has 1 aliphatic heterocycles. The minimum Gasteiger partial charge on any atom is -0.494 e.